The van der Waals surface area contributed by atoms with Crippen molar-refractivity contribution in [1.29, 1.82) is 0 Å². The van der Waals surface area contributed by atoms with Gasteiger partial charge in [0.2, 0.25) is 0 Å². The molecule has 0 spiro atoms. The largest absolute Gasteiger partial charge is 0.397 e. The fourth-order valence-electron chi connectivity index (χ4n) is 1.92. The highest BCUT2D eigenvalue weighted by Gasteiger charge is 2.09. The van der Waals surface area contributed by atoms with Crippen molar-refractivity contribution >= 4 is 16.6 Å². The monoisotopic (exact) mass is 227 g/mol. The van der Waals surface area contributed by atoms with Crippen molar-refractivity contribution < 1.29 is 4.39 Å². The summed E-state index contributed by atoms with van der Waals surface area (Å²) < 4.78 is 13.2. The van der Waals surface area contributed by atoms with Crippen molar-refractivity contribution in [2.24, 2.45) is 0 Å². The molecule has 2 aromatic carbocycles. The lowest BCUT2D eigenvalue weighted by Gasteiger charge is -1.98. The number of hydrogen-bond donors (Lipinski definition) is 2. The van der Waals surface area contributed by atoms with E-state index in [1.807, 2.05) is 18.2 Å². The van der Waals surface area contributed by atoms with Crippen LogP contribution in [0.3, 0.4) is 0 Å². The number of H-pyrrole nitrogens is 1. The molecule has 1 aromatic heterocycles. The van der Waals surface area contributed by atoms with E-state index in [0.29, 0.717) is 11.4 Å². The first kappa shape index (κ1) is 9.84. The molecule has 3 aromatic rings. The molecule has 84 valence electrons. The number of anilines is 1. The van der Waals surface area contributed by atoms with Crippen molar-refractivity contribution in [1.82, 2.24) is 10.2 Å². The summed E-state index contributed by atoms with van der Waals surface area (Å²) in [5.74, 6) is -0.275. The standard InChI is InChI=1S/C13H10FN3/c14-9-4-1-3-8(7-9)12-10-5-2-6-11(15)13(10)17-16-12/h1-7H,15H2,(H,16,17). The number of fused-ring (bicyclic) bond motifs is 1. The van der Waals surface area contributed by atoms with E-state index in [4.69, 9.17) is 5.73 Å². The van der Waals surface area contributed by atoms with Crippen LogP contribution in [0.2, 0.25) is 0 Å². The summed E-state index contributed by atoms with van der Waals surface area (Å²) in [6.07, 6.45) is 0. The molecule has 3 rings (SSSR count). The minimum atomic E-state index is -0.275. The molecule has 3 N–H and O–H groups in total. The number of aromatic nitrogens is 2. The Morgan fingerprint density at radius 1 is 1.12 bits per heavy atom. The number of hydrogen-bond acceptors (Lipinski definition) is 2. The summed E-state index contributed by atoms with van der Waals surface area (Å²) in [7, 11) is 0. The van der Waals surface area contributed by atoms with Crippen molar-refractivity contribution in [2.45, 2.75) is 0 Å². The molecule has 0 aliphatic carbocycles. The van der Waals surface area contributed by atoms with Gasteiger partial charge in [-0.3, -0.25) is 5.10 Å². The second kappa shape index (κ2) is 3.59. The zero-order valence-corrected chi connectivity index (χ0v) is 8.94. The molecule has 0 saturated carbocycles. The van der Waals surface area contributed by atoms with Gasteiger partial charge < -0.3 is 5.73 Å². The highest BCUT2D eigenvalue weighted by atomic mass is 19.1. The summed E-state index contributed by atoms with van der Waals surface area (Å²) in [5, 5.41) is 7.97. The van der Waals surface area contributed by atoms with Gasteiger partial charge >= 0.3 is 0 Å². The maximum atomic E-state index is 13.2. The molecule has 0 radical (unpaired) electrons. The first-order chi connectivity index (χ1) is 8.25. The third-order valence-electron chi connectivity index (χ3n) is 2.73. The number of halogens is 1. The number of benzene rings is 2. The van der Waals surface area contributed by atoms with Crippen LogP contribution < -0.4 is 5.73 Å². The lowest BCUT2D eigenvalue weighted by atomic mass is 10.1. The molecule has 0 amide bonds. The summed E-state index contributed by atoms with van der Waals surface area (Å²) in [6.45, 7) is 0. The molecule has 0 unspecified atom stereocenters. The number of nitrogens with zero attached hydrogens (tertiary/aromatic N) is 1. The van der Waals surface area contributed by atoms with E-state index < -0.39 is 0 Å². The Morgan fingerprint density at radius 3 is 2.76 bits per heavy atom. The molecule has 4 heteroatoms. The second-order valence-corrected chi connectivity index (χ2v) is 3.85. The fourth-order valence-corrected chi connectivity index (χ4v) is 1.92. The normalized spacial score (nSPS) is 10.9. The molecule has 3 nitrogen and oxygen atoms in total. The maximum Gasteiger partial charge on any atom is 0.123 e. The molecular formula is C13H10FN3. The zero-order valence-electron chi connectivity index (χ0n) is 8.94. The van der Waals surface area contributed by atoms with Crippen molar-refractivity contribution in [2.75, 3.05) is 5.73 Å². The Kier molecular flexibility index (Phi) is 2.08. The Hall–Kier alpha value is -2.36. The van der Waals surface area contributed by atoms with E-state index in [0.717, 1.165) is 16.5 Å². The Morgan fingerprint density at radius 2 is 1.94 bits per heavy atom. The van der Waals surface area contributed by atoms with E-state index in [9.17, 15) is 4.39 Å². The zero-order chi connectivity index (χ0) is 11.8. The fraction of sp³-hybridized carbons (Fsp3) is 0. The molecule has 0 aliphatic rings. The van der Waals surface area contributed by atoms with Crippen molar-refractivity contribution in [3.8, 4) is 11.3 Å². The second-order valence-electron chi connectivity index (χ2n) is 3.85. The summed E-state index contributed by atoms with van der Waals surface area (Å²) >= 11 is 0. The highest BCUT2D eigenvalue weighted by Crippen LogP contribution is 2.29. The van der Waals surface area contributed by atoms with Gasteiger partial charge in [0.05, 0.1) is 11.2 Å². The van der Waals surface area contributed by atoms with Gasteiger partial charge in [-0.1, -0.05) is 24.3 Å². The minimum absolute atomic E-state index is 0.275. The number of nitrogens with two attached hydrogens (primary N) is 1. The lowest BCUT2D eigenvalue weighted by Crippen LogP contribution is -1.85. The van der Waals surface area contributed by atoms with Gasteiger partial charge in [-0.05, 0) is 18.2 Å². The van der Waals surface area contributed by atoms with Crippen LogP contribution in [0.1, 0.15) is 0 Å². The van der Waals surface area contributed by atoms with Crippen molar-refractivity contribution in [3.63, 3.8) is 0 Å². The summed E-state index contributed by atoms with van der Waals surface area (Å²) in [4.78, 5) is 0. The lowest BCUT2D eigenvalue weighted by molar-refractivity contribution is 0.628. The van der Waals surface area contributed by atoms with Gasteiger partial charge in [0.25, 0.3) is 0 Å². The first-order valence-electron chi connectivity index (χ1n) is 5.24. The van der Waals surface area contributed by atoms with E-state index in [-0.39, 0.29) is 5.82 Å². The topological polar surface area (TPSA) is 54.7 Å². The number of nitrogen functional groups attached to an aromatic ring is 1. The molecule has 0 bridgehead atoms. The van der Waals surface area contributed by atoms with Gasteiger partial charge in [0.1, 0.15) is 11.5 Å². The SMILES string of the molecule is Nc1cccc2c(-c3cccc(F)c3)n[nH]c12. The van der Waals surface area contributed by atoms with Gasteiger partial charge in [0.15, 0.2) is 0 Å². The minimum Gasteiger partial charge on any atom is -0.397 e. The van der Waals surface area contributed by atoms with Crippen LogP contribution in [0.5, 0.6) is 0 Å². The molecular weight excluding hydrogens is 217 g/mol. The molecule has 0 atom stereocenters. The van der Waals surface area contributed by atoms with Crippen LogP contribution in [0, 0.1) is 5.82 Å². The van der Waals surface area contributed by atoms with Gasteiger partial charge in [-0.2, -0.15) is 5.10 Å². The van der Waals surface area contributed by atoms with Crippen LogP contribution in [0.4, 0.5) is 10.1 Å². The van der Waals surface area contributed by atoms with E-state index >= 15 is 0 Å². The van der Waals surface area contributed by atoms with Crippen LogP contribution in [-0.2, 0) is 0 Å². The Labute approximate surface area is 97.1 Å². The Bertz CT molecular complexity index is 688. The summed E-state index contributed by atoms with van der Waals surface area (Å²) in [6, 6.07) is 11.9. The van der Waals surface area contributed by atoms with Gasteiger partial charge in [-0.15, -0.1) is 0 Å². The van der Waals surface area contributed by atoms with Crippen LogP contribution in [0.15, 0.2) is 42.5 Å². The number of nitrogens with one attached hydrogen (secondary N) is 1. The molecule has 0 fully saturated rings. The van der Waals surface area contributed by atoms with Crippen LogP contribution >= 0.6 is 0 Å². The average molecular weight is 227 g/mol. The molecule has 17 heavy (non-hydrogen) atoms. The molecule has 0 saturated heterocycles. The van der Waals surface area contributed by atoms with Gasteiger partial charge in [0, 0.05) is 10.9 Å². The highest BCUT2D eigenvalue weighted by molar-refractivity contribution is 5.98. The van der Waals surface area contributed by atoms with Crippen LogP contribution in [-0.4, -0.2) is 10.2 Å². The Balaban J connectivity index is 2.28. The maximum absolute atomic E-state index is 13.2. The smallest absolute Gasteiger partial charge is 0.123 e. The van der Waals surface area contributed by atoms with Crippen molar-refractivity contribution in [3.05, 3.63) is 48.3 Å². The number of rotatable bonds is 1. The summed E-state index contributed by atoms with van der Waals surface area (Å²) in [5.41, 5.74) is 8.71. The third kappa shape index (κ3) is 1.54. The molecule has 0 aliphatic heterocycles. The first-order valence-corrected chi connectivity index (χ1v) is 5.24. The molecule has 1 heterocycles. The average Bonchev–Trinajstić information content (AvgIpc) is 2.74. The van der Waals surface area contributed by atoms with E-state index in [1.54, 1.807) is 12.1 Å². The predicted molar refractivity (Wildman–Crippen MR) is 65.9 cm³/mol. The number of aromatic amines is 1. The quantitative estimate of drug-likeness (QED) is 0.628. The van der Waals surface area contributed by atoms with E-state index in [2.05, 4.69) is 10.2 Å². The van der Waals surface area contributed by atoms with E-state index in [1.165, 1.54) is 12.1 Å². The van der Waals surface area contributed by atoms with Gasteiger partial charge in [-0.25, -0.2) is 4.39 Å². The number of para-hydroxylation sites is 1. The third-order valence-corrected chi connectivity index (χ3v) is 2.73. The predicted octanol–water partition coefficient (Wildman–Crippen LogP) is 2.95. The van der Waals surface area contributed by atoms with Crippen LogP contribution in [0.25, 0.3) is 22.2 Å².